The van der Waals surface area contributed by atoms with Crippen molar-refractivity contribution in [3.8, 4) is 5.69 Å². The van der Waals surface area contributed by atoms with E-state index < -0.39 is 0 Å². The Morgan fingerprint density at radius 3 is 2.60 bits per heavy atom. The lowest BCUT2D eigenvalue weighted by molar-refractivity contribution is 0.0642. The smallest absolute Gasteiger partial charge is 0.254 e. The van der Waals surface area contributed by atoms with Crippen LogP contribution in [0, 0.1) is 0 Å². The Morgan fingerprint density at radius 1 is 1.07 bits per heavy atom. The van der Waals surface area contributed by atoms with E-state index in [0.29, 0.717) is 12.1 Å². The van der Waals surface area contributed by atoms with Crippen molar-refractivity contribution in [1.82, 2.24) is 24.8 Å². The Morgan fingerprint density at radius 2 is 1.90 bits per heavy atom. The minimum absolute atomic E-state index is 0. The normalized spacial score (nSPS) is 15.9. The minimum atomic E-state index is 0. The van der Waals surface area contributed by atoms with Crippen LogP contribution < -0.4 is 5.32 Å². The maximum Gasteiger partial charge on any atom is 0.254 e. The molecule has 6 nitrogen and oxygen atoms in total. The summed E-state index contributed by atoms with van der Waals surface area (Å²) in [5, 5.41) is 3.44. The fourth-order valence-electron chi connectivity index (χ4n) is 3.70. The first-order valence-corrected chi connectivity index (χ1v) is 9.81. The van der Waals surface area contributed by atoms with Gasteiger partial charge in [0.15, 0.2) is 0 Å². The zero-order valence-electron chi connectivity index (χ0n) is 16.7. The Bertz CT molecular complexity index is 880. The van der Waals surface area contributed by atoms with Gasteiger partial charge in [0.1, 0.15) is 0 Å². The van der Waals surface area contributed by atoms with Gasteiger partial charge in [-0.2, -0.15) is 0 Å². The highest BCUT2D eigenvalue weighted by Crippen LogP contribution is 2.20. The van der Waals surface area contributed by atoms with E-state index in [4.69, 9.17) is 0 Å². The van der Waals surface area contributed by atoms with Gasteiger partial charge in [-0.3, -0.25) is 9.78 Å². The van der Waals surface area contributed by atoms with Crippen LogP contribution in [0.5, 0.6) is 0 Å². The molecule has 1 aromatic carbocycles. The molecule has 0 aliphatic carbocycles. The molecule has 1 N–H and O–H groups in total. The summed E-state index contributed by atoms with van der Waals surface area (Å²) in [6, 6.07) is 13.8. The van der Waals surface area contributed by atoms with Crippen molar-refractivity contribution < 1.29 is 4.79 Å². The third-order valence-corrected chi connectivity index (χ3v) is 5.22. The van der Waals surface area contributed by atoms with Crippen LogP contribution in [0.2, 0.25) is 0 Å². The molecule has 1 unspecified atom stereocenters. The maximum absolute atomic E-state index is 13.4. The quantitative estimate of drug-likeness (QED) is 0.643. The van der Waals surface area contributed by atoms with E-state index in [1.54, 1.807) is 18.7 Å². The summed E-state index contributed by atoms with van der Waals surface area (Å²) < 4.78 is 1.93. The third-order valence-electron chi connectivity index (χ3n) is 5.22. The van der Waals surface area contributed by atoms with E-state index >= 15 is 0 Å². The van der Waals surface area contributed by atoms with Crippen LogP contribution in [-0.2, 0) is 6.54 Å². The molecular weight excluding hydrogens is 421 g/mol. The van der Waals surface area contributed by atoms with Gasteiger partial charge in [-0.25, -0.2) is 4.98 Å². The highest BCUT2D eigenvalue weighted by Gasteiger charge is 2.26. The number of carbonyl (C=O) groups excluding carboxylic acids is 1. The lowest BCUT2D eigenvalue weighted by atomic mass is 10.0. The highest BCUT2D eigenvalue weighted by molar-refractivity contribution is 5.94. The number of nitrogens with one attached hydrogen (secondary N) is 1. The molecule has 30 heavy (non-hydrogen) atoms. The lowest BCUT2D eigenvalue weighted by Crippen LogP contribution is -2.40. The number of aromatic nitrogens is 3. The average molecular weight is 448 g/mol. The van der Waals surface area contributed by atoms with Crippen LogP contribution >= 0.6 is 24.8 Å². The minimum Gasteiger partial charge on any atom is -0.330 e. The van der Waals surface area contributed by atoms with Crippen LogP contribution in [-0.4, -0.2) is 44.5 Å². The number of amides is 1. The van der Waals surface area contributed by atoms with Crippen molar-refractivity contribution in [2.75, 3.05) is 13.1 Å². The summed E-state index contributed by atoms with van der Waals surface area (Å²) in [7, 11) is 0. The van der Waals surface area contributed by atoms with E-state index in [1.165, 1.54) is 0 Å². The first-order chi connectivity index (χ1) is 13.8. The van der Waals surface area contributed by atoms with Gasteiger partial charge in [-0.1, -0.05) is 6.07 Å². The molecular formula is C22H27Cl2N5O. The van der Waals surface area contributed by atoms with Crippen molar-refractivity contribution in [3.63, 3.8) is 0 Å². The fraction of sp³-hybridized carbons (Fsp3) is 0.318. The molecule has 3 aromatic rings. The molecule has 0 bridgehead atoms. The van der Waals surface area contributed by atoms with E-state index in [0.717, 1.165) is 43.7 Å². The largest absolute Gasteiger partial charge is 0.330 e. The van der Waals surface area contributed by atoms with Gasteiger partial charge in [0.05, 0.1) is 18.6 Å². The first-order valence-electron chi connectivity index (χ1n) is 9.81. The number of carbonyl (C=O) groups is 1. The number of imidazole rings is 1. The van der Waals surface area contributed by atoms with Gasteiger partial charge in [-0.15, -0.1) is 24.8 Å². The summed E-state index contributed by atoms with van der Waals surface area (Å²) in [4.78, 5) is 23.9. The molecule has 1 fully saturated rings. The Hall–Kier alpha value is -2.41. The Kier molecular flexibility index (Phi) is 9.30. The molecule has 0 saturated carbocycles. The second kappa shape index (κ2) is 11.7. The summed E-state index contributed by atoms with van der Waals surface area (Å²) in [5.41, 5.74) is 2.61. The second-order valence-electron chi connectivity index (χ2n) is 7.11. The van der Waals surface area contributed by atoms with Crippen molar-refractivity contribution in [2.24, 2.45) is 0 Å². The van der Waals surface area contributed by atoms with Crippen LogP contribution in [0.15, 0.2) is 67.4 Å². The molecule has 0 radical (unpaired) electrons. The Balaban J connectivity index is 0.00000160. The number of hydrogen-bond donors (Lipinski definition) is 1. The van der Waals surface area contributed by atoms with Crippen molar-refractivity contribution in [1.29, 1.82) is 0 Å². The molecule has 1 atom stereocenters. The van der Waals surface area contributed by atoms with Crippen molar-refractivity contribution in [3.05, 3.63) is 78.6 Å². The van der Waals surface area contributed by atoms with E-state index in [9.17, 15) is 4.79 Å². The molecule has 160 valence electrons. The van der Waals surface area contributed by atoms with Gasteiger partial charge in [0.25, 0.3) is 5.91 Å². The predicted octanol–water partition coefficient (Wildman–Crippen LogP) is 3.90. The SMILES string of the molecule is Cl.Cl.O=C(c1ccc(-n2ccnc2)cc1)N(Cc1ccccn1)C1CCCNCC1. The number of rotatable bonds is 5. The van der Waals surface area contributed by atoms with Gasteiger partial charge in [-0.05, 0) is 68.8 Å². The van der Waals surface area contributed by atoms with Crippen LogP contribution in [0.4, 0.5) is 0 Å². The summed E-state index contributed by atoms with van der Waals surface area (Å²) in [5.74, 6) is 0.0646. The van der Waals surface area contributed by atoms with Crippen LogP contribution in [0.1, 0.15) is 35.3 Å². The zero-order chi connectivity index (χ0) is 19.2. The van der Waals surface area contributed by atoms with Crippen molar-refractivity contribution in [2.45, 2.75) is 31.8 Å². The monoisotopic (exact) mass is 447 g/mol. The Labute approximate surface area is 189 Å². The van der Waals surface area contributed by atoms with Crippen LogP contribution in [0.25, 0.3) is 5.69 Å². The molecule has 1 aliphatic heterocycles. The van der Waals surface area contributed by atoms with Crippen LogP contribution in [0.3, 0.4) is 0 Å². The van der Waals surface area contributed by atoms with E-state index in [1.807, 2.05) is 58.1 Å². The molecule has 4 rings (SSSR count). The third kappa shape index (κ3) is 5.81. The predicted molar refractivity (Wildman–Crippen MR) is 123 cm³/mol. The number of pyridine rings is 1. The molecule has 1 aliphatic rings. The lowest BCUT2D eigenvalue weighted by Gasteiger charge is -2.31. The number of halogens is 2. The van der Waals surface area contributed by atoms with Gasteiger partial charge in [0.2, 0.25) is 0 Å². The molecule has 2 aromatic heterocycles. The first kappa shape index (κ1) is 23.9. The molecule has 0 spiro atoms. The molecule has 8 heteroatoms. The number of benzene rings is 1. The maximum atomic E-state index is 13.4. The second-order valence-corrected chi connectivity index (χ2v) is 7.11. The topological polar surface area (TPSA) is 63.1 Å². The molecule has 1 amide bonds. The van der Waals surface area contributed by atoms with E-state index in [-0.39, 0.29) is 36.8 Å². The molecule has 1 saturated heterocycles. The number of hydrogen-bond acceptors (Lipinski definition) is 4. The highest BCUT2D eigenvalue weighted by atomic mass is 35.5. The van der Waals surface area contributed by atoms with Crippen molar-refractivity contribution >= 4 is 30.7 Å². The molecule has 3 heterocycles. The summed E-state index contributed by atoms with van der Waals surface area (Å²) in [6.07, 6.45) is 10.2. The summed E-state index contributed by atoms with van der Waals surface area (Å²) in [6.45, 7) is 2.49. The summed E-state index contributed by atoms with van der Waals surface area (Å²) >= 11 is 0. The standard InChI is InChI=1S/C22H25N5O.2ClH/c28-22(18-6-8-20(9-7-18)26-15-14-24-17-26)27(16-19-4-1-2-12-25-19)21-5-3-11-23-13-10-21;;/h1-2,4,6-9,12,14-15,17,21,23H,3,5,10-11,13,16H2;2*1H. The van der Waals surface area contributed by atoms with Gasteiger partial charge in [0, 0.05) is 35.9 Å². The van der Waals surface area contributed by atoms with E-state index in [2.05, 4.69) is 15.3 Å². The number of nitrogens with zero attached hydrogens (tertiary/aromatic N) is 4. The fourth-order valence-corrected chi connectivity index (χ4v) is 3.70. The van der Waals surface area contributed by atoms with Gasteiger partial charge >= 0.3 is 0 Å². The average Bonchev–Trinajstić information content (AvgIpc) is 3.15. The zero-order valence-corrected chi connectivity index (χ0v) is 18.3. The van der Waals surface area contributed by atoms with Gasteiger partial charge < -0.3 is 14.8 Å².